The smallest absolute Gasteiger partial charge is 0.323 e. The number of hydrogen-bond acceptors (Lipinski definition) is 3. The lowest BCUT2D eigenvalue weighted by atomic mass is 10.2. The average Bonchev–Trinajstić information content (AvgIpc) is 2.27. The van der Waals surface area contributed by atoms with Crippen molar-refractivity contribution in [2.75, 3.05) is 0 Å². The predicted octanol–water partition coefficient (Wildman–Crippen LogP) is 3.66. The highest BCUT2D eigenvalue weighted by molar-refractivity contribution is 6.81. The minimum atomic E-state index is -1.78. The van der Waals surface area contributed by atoms with Gasteiger partial charge in [0.2, 0.25) is 0 Å². The highest BCUT2D eigenvalue weighted by Crippen LogP contribution is 2.29. The molecule has 0 aliphatic rings. The predicted molar refractivity (Wildman–Crippen MR) is 89.4 cm³/mol. The molecule has 0 aliphatic heterocycles. The molecule has 2 N–H and O–H groups in total. The third-order valence-corrected chi connectivity index (χ3v) is 7.86. The van der Waals surface area contributed by atoms with Crippen LogP contribution < -0.4 is 5.73 Å². The summed E-state index contributed by atoms with van der Waals surface area (Å²) in [5, 5.41) is 0. The Hall–Kier alpha value is -1.13. The standard InChI is InChI=1S/C16H29NO2Si/c1-7-10-20(11-8-2,12-9-3)13-14(17)15(18)19-16(4,5)6/h7-9,14H,1-3,10-13,17H2,4-6H3. The molecule has 0 rings (SSSR count). The molecule has 0 heterocycles. The molecule has 114 valence electrons. The maximum absolute atomic E-state index is 12.0. The van der Waals surface area contributed by atoms with E-state index >= 15 is 0 Å². The lowest BCUT2D eigenvalue weighted by Crippen LogP contribution is -2.45. The first kappa shape index (κ1) is 18.9. The third kappa shape index (κ3) is 6.87. The minimum Gasteiger partial charge on any atom is -0.459 e. The molecule has 0 amide bonds. The fourth-order valence-electron chi connectivity index (χ4n) is 2.35. The van der Waals surface area contributed by atoms with Gasteiger partial charge in [-0.05, 0) is 44.9 Å². The molecular formula is C16H29NO2Si. The van der Waals surface area contributed by atoms with E-state index in [2.05, 4.69) is 19.7 Å². The molecule has 4 heteroatoms. The van der Waals surface area contributed by atoms with Crippen LogP contribution in [0.15, 0.2) is 38.0 Å². The first-order valence-corrected chi connectivity index (χ1v) is 9.83. The summed E-state index contributed by atoms with van der Waals surface area (Å²) >= 11 is 0. The summed E-state index contributed by atoms with van der Waals surface area (Å²) in [6.45, 7) is 17.0. The van der Waals surface area contributed by atoms with Crippen molar-refractivity contribution >= 4 is 14.0 Å². The van der Waals surface area contributed by atoms with E-state index in [1.54, 1.807) is 0 Å². The second kappa shape index (κ2) is 8.22. The Balaban J connectivity index is 4.94. The van der Waals surface area contributed by atoms with Crippen molar-refractivity contribution in [2.45, 2.75) is 56.6 Å². The summed E-state index contributed by atoms with van der Waals surface area (Å²) in [6, 6.07) is 2.80. The number of carbonyl (C=O) groups is 1. The van der Waals surface area contributed by atoms with Crippen molar-refractivity contribution in [3.05, 3.63) is 38.0 Å². The first-order valence-electron chi connectivity index (χ1n) is 7.01. The normalized spacial score (nSPS) is 13.4. The number of rotatable bonds is 9. The van der Waals surface area contributed by atoms with Gasteiger partial charge in [0.15, 0.2) is 0 Å². The van der Waals surface area contributed by atoms with Crippen molar-refractivity contribution in [1.29, 1.82) is 0 Å². The van der Waals surface area contributed by atoms with Crippen LogP contribution in [0.25, 0.3) is 0 Å². The van der Waals surface area contributed by atoms with Crippen molar-refractivity contribution < 1.29 is 9.53 Å². The van der Waals surface area contributed by atoms with Crippen LogP contribution in [0, 0.1) is 0 Å². The van der Waals surface area contributed by atoms with Gasteiger partial charge in [0.1, 0.15) is 11.6 Å². The summed E-state index contributed by atoms with van der Waals surface area (Å²) in [7, 11) is -1.78. The maximum Gasteiger partial charge on any atom is 0.323 e. The zero-order chi connectivity index (χ0) is 15.8. The number of esters is 1. The largest absolute Gasteiger partial charge is 0.459 e. The number of carbonyl (C=O) groups excluding carboxylic acids is 1. The van der Waals surface area contributed by atoms with E-state index in [9.17, 15) is 4.79 Å². The van der Waals surface area contributed by atoms with Crippen molar-refractivity contribution in [3.8, 4) is 0 Å². The van der Waals surface area contributed by atoms with Gasteiger partial charge in [0.05, 0.1) is 8.07 Å². The zero-order valence-electron chi connectivity index (χ0n) is 13.2. The molecule has 0 aromatic heterocycles. The van der Waals surface area contributed by atoms with Crippen LogP contribution in [0.2, 0.25) is 24.2 Å². The van der Waals surface area contributed by atoms with Gasteiger partial charge in [0.25, 0.3) is 0 Å². The van der Waals surface area contributed by atoms with Crippen LogP contribution in [0.1, 0.15) is 20.8 Å². The Morgan fingerprint density at radius 3 is 1.85 bits per heavy atom. The molecule has 0 bridgehead atoms. The molecule has 0 fully saturated rings. The Morgan fingerprint density at radius 2 is 1.55 bits per heavy atom. The molecule has 0 aromatic carbocycles. The molecule has 0 aliphatic carbocycles. The fraction of sp³-hybridized carbons (Fsp3) is 0.562. The van der Waals surface area contributed by atoms with E-state index in [0.717, 1.165) is 18.1 Å². The maximum atomic E-state index is 12.0. The van der Waals surface area contributed by atoms with Crippen LogP contribution in [-0.4, -0.2) is 25.7 Å². The summed E-state index contributed by atoms with van der Waals surface area (Å²) in [4.78, 5) is 12.0. The summed E-state index contributed by atoms with van der Waals surface area (Å²) in [5.74, 6) is -0.327. The second-order valence-electron chi connectivity index (χ2n) is 6.32. The Labute approximate surface area is 124 Å². The SMILES string of the molecule is C=CC[Si](CC=C)(CC=C)CC(N)C(=O)OC(C)(C)C. The number of nitrogens with two attached hydrogens (primary N) is 1. The average molecular weight is 295 g/mol. The molecule has 0 spiro atoms. The van der Waals surface area contributed by atoms with Gasteiger partial charge >= 0.3 is 5.97 Å². The number of ether oxygens (including phenoxy) is 1. The van der Waals surface area contributed by atoms with Crippen molar-refractivity contribution in [3.63, 3.8) is 0 Å². The molecule has 20 heavy (non-hydrogen) atoms. The number of allylic oxidation sites excluding steroid dienone is 3. The Kier molecular flexibility index (Phi) is 7.75. The van der Waals surface area contributed by atoms with Gasteiger partial charge in [-0.3, -0.25) is 4.79 Å². The van der Waals surface area contributed by atoms with Crippen LogP contribution in [0.3, 0.4) is 0 Å². The Morgan fingerprint density at radius 1 is 1.15 bits per heavy atom. The molecule has 0 aromatic rings. The molecule has 0 radical (unpaired) electrons. The van der Waals surface area contributed by atoms with Gasteiger partial charge < -0.3 is 10.5 Å². The summed E-state index contributed by atoms with van der Waals surface area (Å²) < 4.78 is 5.36. The van der Waals surface area contributed by atoms with E-state index in [1.807, 2.05) is 39.0 Å². The van der Waals surface area contributed by atoms with Gasteiger partial charge in [0, 0.05) is 0 Å². The highest BCUT2D eigenvalue weighted by atomic mass is 28.3. The van der Waals surface area contributed by atoms with Crippen molar-refractivity contribution in [2.24, 2.45) is 5.73 Å². The third-order valence-electron chi connectivity index (χ3n) is 3.09. The monoisotopic (exact) mass is 295 g/mol. The van der Waals surface area contributed by atoms with Gasteiger partial charge in [-0.15, -0.1) is 19.7 Å². The molecule has 3 nitrogen and oxygen atoms in total. The first-order chi connectivity index (χ1) is 9.19. The fourth-order valence-corrected chi connectivity index (χ4v) is 6.28. The van der Waals surface area contributed by atoms with Crippen LogP contribution in [0.5, 0.6) is 0 Å². The van der Waals surface area contributed by atoms with E-state index in [1.165, 1.54) is 0 Å². The van der Waals surface area contributed by atoms with Crippen LogP contribution in [-0.2, 0) is 9.53 Å². The second-order valence-corrected chi connectivity index (χ2v) is 11.0. The lowest BCUT2D eigenvalue weighted by molar-refractivity contribution is -0.155. The summed E-state index contributed by atoms with van der Waals surface area (Å²) in [6.07, 6.45) is 5.75. The van der Waals surface area contributed by atoms with E-state index in [4.69, 9.17) is 10.5 Å². The van der Waals surface area contributed by atoms with E-state index < -0.39 is 19.7 Å². The minimum absolute atomic E-state index is 0.327. The van der Waals surface area contributed by atoms with Crippen molar-refractivity contribution in [1.82, 2.24) is 0 Å². The zero-order valence-corrected chi connectivity index (χ0v) is 14.2. The molecule has 1 unspecified atom stereocenters. The molecule has 1 atom stereocenters. The molecule has 0 saturated heterocycles. The van der Waals surface area contributed by atoms with E-state index in [0.29, 0.717) is 6.04 Å². The number of hydrogen-bond donors (Lipinski definition) is 1. The van der Waals surface area contributed by atoms with Crippen LogP contribution in [0.4, 0.5) is 0 Å². The quantitative estimate of drug-likeness (QED) is 0.401. The Bertz CT molecular complexity index is 331. The van der Waals surface area contributed by atoms with Gasteiger partial charge in [-0.2, -0.15) is 0 Å². The van der Waals surface area contributed by atoms with Crippen LogP contribution >= 0.6 is 0 Å². The van der Waals surface area contributed by atoms with E-state index in [-0.39, 0.29) is 5.97 Å². The molecule has 0 saturated carbocycles. The van der Waals surface area contributed by atoms with Gasteiger partial charge in [-0.1, -0.05) is 18.2 Å². The topological polar surface area (TPSA) is 52.3 Å². The summed E-state index contributed by atoms with van der Waals surface area (Å²) in [5.41, 5.74) is 5.55. The lowest BCUT2D eigenvalue weighted by Gasteiger charge is -2.32. The van der Waals surface area contributed by atoms with Gasteiger partial charge in [-0.25, -0.2) is 0 Å². The highest BCUT2D eigenvalue weighted by Gasteiger charge is 2.34. The molecular weight excluding hydrogens is 266 g/mol.